The zero-order valence-corrected chi connectivity index (χ0v) is 9.43. The zero-order chi connectivity index (χ0) is 10.4. The van der Waals surface area contributed by atoms with Crippen molar-refractivity contribution in [1.29, 1.82) is 0 Å². The molecule has 14 heavy (non-hydrogen) atoms. The lowest BCUT2D eigenvalue weighted by molar-refractivity contribution is 0.813. The molecule has 0 spiro atoms. The van der Waals surface area contributed by atoms with Crippen molar-refractivity contribution in [2.75, 3.05) is 0 Å². The van der Waals surface area contributed by atoms with E-state index in [0.717, 1.165) is 6.42 Å². The molecule has 0 amide bonds. The second kappa shape index (κ2) is 5.64. The van der Waals surface area contributed by atoms with E-state index >= 15 is 0 Å². The van der Waals surface area contributed by atoms with Crippen LogP contribution in [0.5, 0.6) is 0 Å². The molecule has 0 N–H and O–H groups in total. The molecular weight excluding hydrogens is 168 g/mol. The monoisotopic (exact) mass is 187 g/mol. The number of unbranched alkanes of at least 4 members (excludes halogenated alkanes) is 2. The van der Waals surface area contributed by atoms with Crippen LogP contribution in [0.3, 0.4) is 0 Å². The summed E-state index contributed by atoms with van der Waals surface area (Å²) >= 11 is 0. The predicted octanol–water partition coefficient (Wildman–Crippen LogP) is 4.20. The summed E-state index contributed by atoms with van der Waals surface area (Å²) in [5, 5.41) is 0. The molecule has 1 radical (unpaired) electrons. The van der Waals surface area contributed by atoms with Crippen LogP contribution in [0.25, 0.3) is 0 Å². The molecule has 0 aliphatic carbocycles. The van der Waals surface area contributed by atoms with Crippen molar-refractivity contribution < 1.29 is 0 Å². The SMILES string of the molecule is CCCC/C=[C]\c1ccc(C)cc1C. The number of hydrogen-bond donors (Lipinski definition) is 0. The normalized spacial score (nSPS) is 11.1. The quantitative estimate of drug-likeness (QED) is 0.620. The molecule has 1 aromatic rings. The van der Waals surface area contributed by atoms with Gasteiger partial charge in [-0.2, -0.15) is 0 Å². The summed E-state index contributed by atoms with van der Waals surface area (Å²) in [6.45, 7) is 6.48. The third-order valence-corrected chi connectivity index (χ3v) is 2.34. The molecule has 1 rings (SSSR count). The Morgan fingerprint density at radius 2 is 2.07 bits per heavy atom. The molecule has 0 bridgehead atoms. The van der Waals surface area contributed by atoms with Gasteiger partial charge in [0.25, 0.3) is 0 Å². The number of benzene rings is 1. The smallest absolute Gasteiger partial charge is 0.0146 e. The largest absolute Gasteiger partial charge is 0.0760 e. The Kier molecular flexibility index (Phi) is 4.45. The van der Waals surface area contributed by atoms with Gasteiger partial charge < -0.3 is 0 Å². The molecule has 0 nitrogen and oxygen atoms in total. The number of hydrogen-bond acceptors (Lipinski definition) is 0. The summed E-state index contributed by atoms with van der Waals surface area (Å²) in [6.07, 6.45) is 9.16. The van der Waals surface area contributed by atoms with Crippen LogP contribution in [0.15, 0.2) is 24.3 Å². The van der Waals surface area contributed by atoms with Gasteiger partial charge in [-0.05, 0) is 37.5 Å². The summed E-state index contributed by atoms with van der Waals surface area (Å²) in [5.41, 5.74) is 3.87. The summed E-state index contributed by atoms with van der Waals surface area (Å²) < 4.78 is 0. The van der Waals surface area contributed by atoms with Gasteiger partial charge in [0.2, 0.25) is 0 Å². The van der Waals surface area contributed by atoms with Crippen LogP contribution in [0, 0.1) is 19.9 Å². The van der Waals surface area contributed by atoms with E-state index in [1.54, 1.807) is 0 Å². The summed E-state index contributed by atoms with van der Waals surface area (Å²) in [7, 11) is 0. The van der Waals surface area contributed by atoms with Crippen LogP contribution in [-0.2, 0) is 0 Å². The number of rotatable bonds is 4. The van der Waals surface area contributed by atoms with Gasteiger partial charge in [0.15, 0.2) is 0 Å². The third-order valence-electron chi connectivity index (χ3n) is 2.34. The van der Waals surface area contributed by atoms with Crippen molar-refractivity contribution in [3.05, 3.63) is 47.0 Å². The van der Waals surface area contributed by atoms with Gasteiger partial charge >= 0.3 is 0 Å². The minimum absolute atomic E-state index is 1.14. The van der Waals surface area contributed by atoms with Gasteiger partial charge in [-0.25, -0.2) is 0 Å². The van der Waals surface area contributed by atoms with E-state index in [9.17, 15) is 0 Å². The fraction of sp³-hybridized carbons (Fsp3) is 0.429. The lowest BCUT2D eigenvalue weighted by atomic mass is 10.0. The lowest BCUT2D eigenvalue weighted by Gasteiger charge is -2.00. The van der Waals surface area contributed by atoms with Crippen molar-refractivity contribution in [3.63, 3.8) is 0 Å². The van der Waals surface area contributed by atoms with E-state index in [1.165, 1.54) is 29.5 Å². The maximum atomic E-state index is 3.35. The van der Waals surface area contributed by atoms with Gasteiger partial charge in [0.05, 0.1) is 0 Å². The minimum Gasteiger partial charge on any atom is -0.0760 e. The molecule has 0 aromatic heterocycles. The summed E-state index contributed by atoms with van der Waals surface area (Å²) in [6, 6.07) is 6.49. The molecule has 0 aliphatic rings. The predicted molar refractivity (Wildman–Crippen MR) is 62.4 cm³/mol. The molecule has 0 unspecified atom stereocenters. The number of aryl methyl sites for hydroxylation is 2. The standard InChI is InChI=1S/C14H19/c1-4-5-6-7-8-14-10-9-12(2)11-13(14)3/h7,9-11H,4-6H2,1-3H3. The molecule has 0 aliphatic heterocycles. The van der Waals surface area contributed by atoms with E-state index in [2.05, 4.69) is 51.1 Å². The Hall–Kier alpha value is -1.04. The second-order valence-electron chi connectivity index (χ2n) is 3.81. The van der Waals surface area contributed by atoms with E-state index < -0.39 is 0 Å². The van der Waals surface area contributed by atoms with Crippen LogP contribution >= 0.6 is 0 Å². The second-order valence-corrected chi connectivity index (χ2v) is 3.81. The number of allylic oxidation sites excluding steroid dienone is 1. The molecule has 0 saturated heterocycles. The average molecular weight is 187 g/mol. The molecule has 75 valence electrons. The first-order valence-electron chi connectivity index (χ1n) is 5.39. The van der Waals surface area contributed by atoms with E-state index in [-0.39, 0.29) is 0 Å². The third kappa shape index (κ3) is 3.37. The molecular formula is C14H19. The highest BCUT2D eigenvalue weighted by atomic mass is 14.0. The van der Waals surface area contributed by atoms with E-state index in [0.29, 0.717) is 0 Å². The van der Waals surface area contributed by atoms with Crippen molar-refractivity contribution in [2.45, 2.75) is 40.0 Å². The Balaban J connectivity index is 2.62. The zero-order valence-electron chi connectivity index (χ0n) is 9.43. The van der Waals surface area contributed by atoms with Crippen molar-refractivity contribution in [3.8, 4) is 0 Å². The maximum absolute atomic E-state index is 3.35. The van der Waals surface area contributed by atoms with E-state index in [4.69, 9.17) is 0 Å². The van der Waals surface area contributed by atoms with Crippen LogP contribution in [0.1, 0.15) is 42.9 Å². The summed E-state index contributed by atoms with van der Waals surface area (Å²) in [5.74, 6) is 0. The highest BCUT2D eigenvalue weighted by Crippen LogP contribution is 2.11. The van der Waals surface area contributed by atoms with Gasteiger partial charge in [-0.1, -0.05) is 49.6 Å². The topological polar surface area (TPSA) is 0 Å². The van der Waals surface area contributed by atoms with Gasteiger partial charge in [0, 0.05) is 0 Å². The lowest BCUT2D eigenvalue weighted by Crippen LogP contribution is -1.83. The van der Waals surface area contributed by atoms with Crippen LogP contribution in [0.4, 0.5) is 0 Å². The molecule has 0 heterocycles. The van der Waals surface area contributed by atoms with Crippen LogP contribution < -0.4 is 0 Å². The molecule has 1 aromatic carbocycles. The van der Waals surface area contributed by atoms with Crippen molar-refractivity contribution in [2.24, 2.45) is 0 Å². The Labute approximate surface area is 87.7 Å². The summed E-state index contributed by atoms with van der Waals surface area (Å²) in [4.78, 5) is 0. The Morgan fingerprint density at radius 1 is 1.29 bits per heavy atom. The highest BCUT2D eigenvalue weighted by Gasteiger charge is 1.93. The highest BCUT2D eigenvalue weighted by molar-refractivity contribution is 5.34. The average Bonchev–Trinajstić information content (AvgIpc) is 2.15. The van der Waals surface area contributed by atoms with Crippen LogP contribution in [-0.4, -0.2) is 0 Å². The fourth-order valence-corrected chi connectivity index (χ4v) is 1.46. The molecule has 0 fully saturated rings. The minimum atomic E-state index is 1.14. The first kappa shape index (κ1) is 11.0. The van der Waals surface area contributed by atoms with E-state index in [1.807, 2.05) is 0 Å². The molecule has 0 saturated carbocycles. The van der Waals surface area contributed by atoms with Crippen molar-refractivity contribution >= 4 is 0 Å². The van der Waals surface area contributed by atoms with Gasteiger partial charge in [-0.3, -0.25) is 0 Å². The first-order valence-corrected chi connectivity index (χ1v) is 5.39. The molecule has 0 heteroatoms. The first-order chi connectivity index (χ1) is 6.74. The Morgan fingerprint density at radius 3 is 2.71 bits per heavy atom. The van der Waals surface area contributed by atoms with Crippen LogP contribution in [0.2, 0.25) is 0 Å². The fourth-order valence-electron chi connectivity index (χ4n) is 1.46. The van der Waals surface area contributed by atoms with Gasteiger partial charge in [-0.15, -0.1) is 0 Å². The molecule has 0 atom stereocenters. The maximum Gasteiger partial charge on any atom is -0.0146 e. The van der Waals surface area contributed by atoms with Gasteiger partial charge in [0.1, 0.15) is 0 Å². The van der Waals surface area contributed by atoms with Crippen molar-refractivity contribution in [1.82, 2.24) is 0 Å². The Bertz CT molecular complexity index is 308.